The maximum Gasteiger partial charge on any atom is 0.242 e. The largest absolute Gasteiger partial charge is 0.352 e. The van der Waals surface area contributed by atoms with Gasteiger partial charge < -0.3 is 10.2 Å². The van der Waals surface area contributed by atoms with Crippen LogP contribution in [0, 0.1) is 0 Å². The number of hydrogen-bond acceptors (Lipinski definition) is 3. The van der Waals surface area contributed by atoms with E-state index >= 15 is 0 Å². The molecule has 0 fully saturated rings. The molecular formula is C21H25ClN2O2S. The molecule has 0 aliphatic rings. The zero-order valence-corrected chi connectivity index (χ0v) is 17.4. The van der Waals surface area contributed by atoms with Crippen LogP contribution in [0.3, 0.4) is 0 Å². The van der Waals surface area contributed by atoms with E-state index in [9.17, 15) is 9.59 Å². The molecule has 0 aromatic heterocycles. The highest BCUT2D eigenvalue weighted by atomic mass is 35.5. The molecule has 2 aromatic carbocycles. The molecule has 0 spiro atoms. The van der Waals surface area contributed by atoms with Crippen molar-refractivity contribution in [2.24, 2.45) is 0 Å². The quantitative estimate of drug-likeness (QED) is 0.664. The van der Waals surface area contributed by atoms with Crippen LogP contribution >= 0.6 is 23.4 Å². The fourth-order valence-electron chi connectivity index (χ4n) is 2.52. The van der Waals surface area contributed by atoms with Crippen LogP contribution in [-0.4, -0.2) is 34.6 Å². The number of nitrogens with one attached hydrogen (secondary N) is 1. The van der Waals surface area contributed by atoms with Gasteiger partial charge >= 0.3 is 0 Å². The first-order valence-corrected chi connectivity index (χ1v) is 10.3. The van der Waals surface area contributed by atoms with Crippen LogP contribution in [0.2, 0.25) is 5.02 Å². The Kier molecular flexibility index (Phi) is 8.20. The topological polar surface area (TPSA) is 49.4 Å². The van der Waals surface area contributed by atoms with Crippen LogP contribution < -0.4 is 5.32 Å². The molecule has 1 N–H and O–H groups in total. The minimum Gasteiger partial charge on any atom is -0.352 e. The average molecular weight is 405 g/mol. The van der Waals surface area contributed by atoms with E-state index < -0.39 is 6.04 Å². The highest BCUT2D eigenvalue weighted by molar-refractivity contribution is 8.00. The third-order valence-electron chi connectivity index (χ3n) is 3.97. The van der Waals surface area contributed by atoms with Crippen LogP contribution in [0.15, 0.2) is 59.5 Å². The summed E-state index contributed by atoms with van der Waals surface area (Å²) in [7, 11) is 0. The van der Waals surface area contributed by atoms with Crippen molar-refractivity contribution in [1.29, 1.82) is 0 Å². The summed E-state index contributed by atoms with van der Waals surface area (Å²) in [6.45, 7) is 5.93. The zero-order chi connectivity index (χ0) is 19.8. The predicted octanol–water partition coefficient (Wildman–Crippen LogP) is 4.37. The smallest absolute Gasteiger partial charge is 0.242 e. The second kappa shape index (κ2) is 10.4. The van der Waals surface area contributed by atoms with E-state index in [-0.39, 0.29) is 23.6 Å². The Balaban J connectivity index is 2.12. The number of carbonyl (C=O) groups excluding carboxylic acids is 2. The van der Waals surface area contributed by atoms with Crippen molar-refractivity contribution in [2.45, 2.75) is 44.3 Å². The molecule has 0 saturated carbocycles. The summed E-state index contributed by atoms with van der Waals surface area (Å²) in [6, 6.07) is 16.5. The van der Waals surface area contributed by atoms with E-state index in [1.54, 1.807) is 24.0 Å². The van der Waals surface area contributed by atoms with E-state index in [0.29, 0.717) is 11.6 Å². The van der Waals surface area contributed by atoms with Gasteiger partial charge in [-0.05, 0) is 50.6 Å². The Bertz CT molecular complexity index is 751. The second-order valence-electron chi connectivity index (χ2n) is 6.59. The van der Waals surface area contributed by atoms with Gasteiger partial charge in [0.2, 0.25) is 11.8 Å². The van der Waals surface area contributed by atoms with Crippen molar-refractivity contribution in [3.8, 4) is 0 Å². The van der Waals surface area contributed by atoms with Gasteiger partial charge in [-0.3, -0.25) is 9.59 Å². The summed E-state index contributed by atoms with van der Waals surface area (Å²) < 4.78 is 0. The summed E-state index contributed by atoms with van der Waals surface area (Å²) in [5.74, 6) is 0.0407. The summed E-state index contributed by atoms with van der Waals surface area (Å²) in [5.41, 5.74) is 0.932. The highest BCUT2D eigenvalue weighted by Gasteiger charge is 2.26. The highest BCUT2D eigenvalue weighted by Crippen LogP contribution is 2.20. The van der Waals surface area contributed by atoms with Gasteiger partial charge in [0, 0.05) is 22.5 Å². The summed E-state index contributed by atoms with van der Waals surface area (Å²) in [4.78, 5) is 28.1. The van der Waals surface area contributed by atoms with Gasteiger partial charge in [-0.1, -0.05) is 41.9 Å². The van der Waals surface area contributed by atoms with Crippen LogP contribution in [0.4, 0.5) is 0 Å². The first-order valence-electron chi connectivity index (χ1n) is 8.89. The zero-order valence-electron chi connectivity index (χ0n) is 15.8. The van der Waals surface area contributed by atoms with Crippen molar-refractivity contribution >= 4 is 35.2 Å². The second-order valence-corrected chi connectivity index (χ2v) is 8.07. The normalized spacial score (nSPS) is 11.9. The summed E-state index contributed by atoms with van der Waals surface area (Å²) in [5, 5.41) is 3.53. The average Bonchev–Trinajstić information content (AvgIpc) is 2.65. The number of carbonyl (C=O) groups is 2. The lowest BCUT2D eigenvalue weighted by Gasteiger charge is -2.29. The van der Waals surface area contributed by atoms with Crippen molar-refractivity contribution in [3.05, 3.63) is 65.2 Å². The monoisotopic (exact) mass is 404 g/mol. The number of amides is 2. The van der Waals surface area contributed by atoms with E-state index in [2.05, 4.69) is 5.32 Å². The minimum absolute atomic E-state index is 0.0196. The molecule has 6 heteroatoms. The molecule has 0 aliphatic heterocycles. The van der Waals surface area contributed by atoms with Crippen LogP contribution in [0.5, 0.6) is 0 Å². The van der Waals surface area contributed by atoms with Crippen LogP contribution in [-0.2, 0) is 16.1 Å². The van der Waals surface area contributed by atoms with Gasteiger partial charge in [-0.15, -0.1) is 11.8 Å². The molecule has 0 heterocycles. The molecule has 2 amide bonds. The Morgan fingerprint density at radius 3 is 2.26 bits per heavy atom. The fourth-order valence-corrected chi connectivity index (χ4v) is 3.45. The van der Waals surface area contributed by atoms with Crippen LogP contribution in [0.1, 0.15) is 26.3 Å². The maximum atomic E-state index is 12.9. The molecule has 0 saturated heterocycles. The van der Waals surface area contributed by atoms with Gasteiger partial charge in [0.05, 0.1) is 5.75 Å². The Morgan fingerprint density at radius 1 is 1.04 bits per heavy atom. The molecule has 0 unspecified atom stereocenters. The summed E-state index contributed by atoms with van der Waals surface area (Å²) in [6.07, 6.45) is 0. The summed E-state index contributed by atoms with van der Waals surface area (Å²) >= 11 is 7.42. The van der Waals surface area contributed by atoms with Gasteiger partial charge in [0.1, 0.15) is 6.04 Å². The van der Waals surface area contributed by atoms with Crippen LogP contribution in [0.25, 0.3) is 0 Å². The van der Waals surface area contributed by atoms with Gasteiger partial charge in [-0.2, -0.15) is 0 Å². The fraction of sp³-hybridized carbons (Fsp3) is 0.333. The van der Waals surface area contributed by atoms with Crippen molar-refractivity contribution in [3.63, 3.8) is 0 Å². The molecule has 2 aromatic rings. The number of nitrogens with zero attached hydrogens (tertiary/aromatic N) is 1. The minimum atomic E-state index is -0.563. The maximum absolute atomic E-state index is 12.9. The number of hydrogen-bond donors (Lipinski definition) is 1. The molecule has 144 valence electrons. The van der Waals surface area contributed by atoms with E-state index in [0.717, 1.165) is 10.5 Å². The van der Waals surface area contributed by atoms with E-state index in [1.807, 2.05) is 56.3 Å². The van der Waals surface area contributed by atoms with E-state index in [4.69, 9.17) is 11.6 Å². The molecule has 1 atom stereocenters. The van der Waals surface area contributed by atoms with E-state index in [1.165, 1.54) is 11.8 Å². The standard InChI is InChI=1S/C21H25ClN2O2S/c1-15(2)23-21(26)16(3)24(13-17-9-11-18(22)12-10-17)20(25)14-27-19-7-5-4-6-8-19/h4-12,15-16H,13-14H2,1-3H3,(H,23,26)/t16-/m0/s1. The first kappa shape index (κ1) is 21.3. The molecular weight excluding hydrogens is 380 g/mol. The first-order chi connectivity index (χ1) is 12.9. The van der Waals surface area contributed by atoms with Crippen molar-refractivity contribution in [1.82, 2.24) is 10.2 Å². The molecule has 0 aliphatic carbocycles. The third kappa shape index (κ3) is 6.92. The third-order valence-corrected chi connectivity index (χ3v) is 5.22. The molecule has 4 nitrogen and oxygen atoms in total. The van der Waals surface area contributed by atoms with Gasteiger partial charge in [-0.25, -0.2) is 0 Å². The lowest BCUT2D eigenvalue weighted by atomic mass is 10.1. The Labute approximate surface area is 170 Å². The molecule has 2 rings (SSSR count). The number of halogens is 1. The lowest BCUT2D eigenvalue weighted by Crippen LogP contribution is -2.49. The van der Waals surface area contributed by atoms with Gasteiger partial charge in [0.15, 0.2) is 0 Å². The molecule has 27 heavy (non-hydrogen) atoms. The number of benzene rings is 2. The Hall–Kier alpha value is -1.98. The number of rotatable bonds is 8. The van der Waals surface area contributed by atoms with Gasteiger partial charge in [0.25, 0.3) is 0 Å². The SMILES string of the molecule is CC(C)NC(=O)[C@H](C)N(Cc1ccc(Cl)cc1)C(=O)CSc1ccccc1. The molecule has 0 radical (unpaired) electrons. The number of thioether (sulfide) groups is 1. The van der Waals surface area contributed by atoms with Crippen molar-refractivity contribution in [2.75, 3.05) is 5.75 Å². The molecule has 0 bridgehead atoms. The van der Waals surface area contributed by atoms with Crippen molar-refractivity contribution < 1.29 is 9.59 Å². The Morgan fingerprint density at radius 2 is 1.67 bits per heavy atom. The predicted molar refractivity (Wildman–Crippen MR) is 112 cm³/mol. The lowest BCUT2D eigenvalue weighted by molar-refractivity contribution is -0.138.